The van der Waals surface area contributed by atoms with Gasteiger partial charge in [-0.25, -0.2) is 14.4 Å². The Hall–Kier alpha value is -2.01. The first-order valence-corrected chi connectivity index (χ1v) is 6.26. The van der Waals surface area contributed by atoms with E-state index in [1.54, 1.807) is 0 Å². The smallest absolute Gasteiger partial charge is 0.186 e. The molecule has 0 saturated heterocycles. The SMILES string of the molecule is CCc1ncnc(NCC(N)c2ccccc2)c1F. The molecular weight excluding hydrogens is 243 g/mol. The Morgan fingerprint density at radius 1 is 1.26 bits per heavy atom. The number of aromatic nitrogens is 2. The summed E-state index contributed by atoms with van der Waals surface area (Å²) < 4.78 is 13.9. The minimum atomic E-state index is -0.398. The molecule has 3 N–H and O–H groups in total. The molecule has 0 fully saturated rings. The molecule has 1 aromatic carbocycles. The lowest BCUT2D eigenvalue weighted by atomic mass is 10.1. The van der Waals surface area contributed by atoms with Crippen LogP contribution >= 0.6 is 0 Å². The van der Waals surface area contributed by atoms with E-state index < -0.39 is 5.82 Å². The van der Waals surface area contributed by atoms with Gasteiger partial charge in [0, 0.05) is 12.6 Å². The van der Waals surface area contributed by atoms with Crippen LogP contribution in [0.2, 0.25) is 0 Å². The van der Waals surface area contributed by atoms with Crippen LogP contribution in [0.1, 0.15) is 24.2 Å². The van der Waals surface area contributed by atoms with Crippen LogP contribution in [-0.4, -0.2) is 16.5 Å². The molecule has 4 nitrogen and oxygen atoms in total. The third-order valence-corrected chi connectivity index (χ3v) is 2.91. The predicted octanol–water partition coefficient (Wildman–Crippen LogP) is 2.29. The molecule has 0 bridgehead atoms. The molecule has 0 aliphatic heterocycles. The summed E-state index contributed by atoms with van der Waals surface area (Å²) in [6.07, 6.45) is 1.89. The average molecular weight is 260 g/mol. The Balaban J connectivity index is 2.03. The second-order valence-corrected chi connectivity index (χ2v) is 4.23. The number of hydrogen-bond acceptors (Lipinski definition) is 4. The minimum Gasteiger partial charge on any atom is -0.366 e. The van der Waals surface area contributed by atoms with Crippen molar-refractivity contribution in [3.63, 3.8) is 0 Å². The minimum absolute atomic E-state index is 0.207. The Morgan fingerprint density at radius 3 is 2.68 bits per heavy atom. The first-order valence-electron chi connectivity index (χ1n) is 6.26. The Labute approximate surface area is 111 Å². The molecule has 100 valence electrons. The van der Waals surface area contributed by atoms with Crippen LogP contribution in [0.5, 0.6) is 0 Å². The normalized spacial score (nSPS) is 12.2. The quantitative estimate of drug-likeness (QED) is 0.865. The molecule has 2 rings (SSSR count). The van der Waals surface area contributed by atoms with Gasteiger partial charge in [-0.2, -0.15) is 0 Å². The Morgan fingerprint density at radius 2 is 2.00 bits per heavy atom. The average Bonchev–Trinajstić information content (AvgIpc) is 2.47. The van der Waals surface area contributed by atoms with Gasteiger partial charge in [0.2, 0.25) is 0 Å². The summed E-state index contributed by atoms with van der Waals surface area (Å²) in [6, 6.07) is 9.47. The van der Waals surface area contributed by atoms with Gasteiger partial charge in [0.1, 0.15) is 6.33 Å². The maximum absolute atomic E-state index is 13.9. The highest BCUT2D eigenvalue weighted by atomic mass is 19.1. The summed E-state index contributed by atoms with van der Waals surface area (Å²) in [5, 5.41) is 2.93. The summed E-state index contributed by atoms with van der Waals surface area (Å²) in [6.45, 7) is 2.27. The lowest BCUT2D eigenvalue weighted by Crippen LogP contribution is -2.21. The number of halogens is 1. The lowest BCUT2D eigenvalue weighted by molar-refractivity contribution is 0.595. The molecule has 0 saturated carbocycles. The van der Waals surface area contributed by atoms with E-state index in [2.05, 4.69) is 15.3 Å². The van der Waals surface area contributed by atoms with Crippen LogP contribution in [-0.2, 0) is 6.42 Å². The number of aryl methyl sites for hydroxylation is 1. The summed E-state index contributed by atoms with van der Waals surface area (Å²) in [5.41, 5.74) is 7.44. The number of nitrogens with two attached hydrogens (primary N) is 1. The molecule has 19 heavy (non-hydrogen) atoms. The van der Waals surface area contributed by atoms with Gasteiger partial charge in [-0.1, -0.05) is 37.3 Å². The number of benzene rings is 1. The molecule has 2 aromatic rings. The van der Waals surface area contributed by atoms with Gasteiger partial charge < -0.3 is 11.1 Å². The highest BCUT2D eigenvalue weighted by Gasteiger charge is 2.11. The highest BCUT2D eigenvalue weighted by Crippen LogP contribution is 2.15. The molecule has 0 aliphatic rings. The fraction of sp³-hybridized carbons (Fsp3) is 0.286. The van der Waals surface area contributed by atoms with Crippen LogP contribution < -0.4 is 11.1 Å². The zero-order valence-corrected chi connectivity index (χ0v) is 10.8. The number of nitrogens with one attached hydrogen (secondary N) is 1. The second-order valence-electron chi connectivity index (χ2n) is 4.23. The molecule has 1 heterocycles. The van der Waals surface area contributed by atoms with E-state index in [1.807, 2.05) is 37.3 Å². The van der Waals surface area contributed by atoms with Crippen molar-refractivity contribution < 1.29 is 4.39 Å². The van der Waals surface area contributed by atoms with Crippen molar-refractivity contribution in [3.05, 3.63) is 53.7 Å². The van der Waals surface area contributed by atoms with E-state index in [-0.39, 0.29) is 11.9 Å². The molecule has 0 spiro atoms. The van der Waals surface area contributed by atoms with Crippen molar-refractivity contribution in [1.82, 2.24) is 9.97 Å². The first kappa shape index (κ1) is 13.4. The zero-order valence-electron chi connectivity index (χ0n) is 10.8. The van der Waals surface area contributed by atoms with Gasteiger partial charge in [-0.15, -0.1) is 0 Å². The van der Waals surface area contributed by atoms with Gasteiger partial charge >= 0.3 is 0 Å². The van der Waals surface area contributed by atoms with Crippen molar-refractivity contribution in [2.45, 2.75) is 19.4 Å². The van der Waals surface area contributed by atoms with Gasteiger partial charge in [-0.3, -0.25) is 0 Å². The van der Waals surface area contributed by atoms with Crippen LogP contribution in [0.15, 0.2) is 36.7 Å². The molecule has 0 radical (unpaired) electrons. The molecule has 1 aromatic heterocycles. The Kier molecular flexibility index (Phi) is 4.41. The predicted molar refractivity (Wildman–Crippen MR) is 73.2 cm³/mol. The van der Waals surface area contributed by atoms with Crippen molar-refractivity contribution in [1.29, 1.82) is 0 Å². The van der Waals surface area contributed by atoms with Crippen molar-refractivity contribution in [2.75, 3.05) is 11.9 Å². The van der Waals surface area contributed by atoms with Crippen molar-refractivity contribution >= 4 is 5.82 Å². The highest BCUT2D eigenvalue weighted by molar-refractivity contribution is 5.38. The third-order valence-electron chi connectivity index (χ3n) is 2.91. The summed E-state index contributed by atoms with van der Waals surface area (Å²) in [5.74, 6) is -0.191. The molecule has 0 amide bonds. The van der Waals surface area contributed by atoms with E-state index in [4.69, 9.17) is 5.73 Å². The van der Waals surface area contributed by atoms with E-state index in [9.17, 15) is 4.39 Å². The largest absolute Gasteiger partial charge is 0.366 e. The molecule has 1 unspecified atom stereocenters. The van der Waals surface area contributed by atoms with Crippen molar-refractivity contribution in [3.8, 4) is 0 Å². The molecule has 1 atom stereocenters. The van der Waals surface area contributed by atoms with Crippen LogP contribution in [0.3, 0.4) is 0 Å². The van der Waals surface area contributed by atoms with E-state index >= 15 is 0 Å². The standard InChI is InChI=1S/C14H17FN4/c1-2-12-13(15)14(19-9-18-12)17-8-11(16)10-6-4-3-5-7-10/h3-7,9,11H,2,8,16H2,1H3,(H,17,18,19). The summed E-state index contributed by atoms with van der Waals surface area (Å²) >= 11 is 0. The van der Waals surface area contributed by atoms with Gasteiger partial charge in [0.25, 0.3) is 0 Å². The first-order chi connectivity index (χ1) is 9.22. The molecule has 5 heteroatoms. The second kappa shape index (κ2) is 6.24. The van der Waals surface area contributed by atoms with Crippen LogP contribution in [0.25, 0.3) is 0 Å². The van der Waals surface area contributed by atoms with Crippen LogP contribution in [0.4, 0.5) is 10.2 Å². The van der Waals surface area contributed by atoms with E-state index in [0.29, 0.717) is 18.7 Å². The van der Waals surface area contributed by atoms with Crippen molar-refractivity contribution in [2.24, 2.45) is 5.73 Å². The number of nitrogens with zero attached hydrogens (tertiary/aromatic N) is 2. The Bertz CT molecular complexity index is 530. The fourth-order valence-corrected chi connectivity index (χ4v) is 1.80. The number of rotatable bonds is 5. The van der Waals surface area contributed by atoms with Gasteiger partial charge in [-0.05, 0) is 12.0 Å². The van der Waals surface area contributed by atoms with E-state index in [1.165, 1.54) is 6.33 Å². The fourth-order valence-electron chi connectivity index (χ4n) is 1.80. The summed E-state index contributed by atoms with van der Waals surface area (Å²) in [4.78, 5) is 7.79. The molecule has 0 aliphatic carbocycles. The topological polar surface area (TPSA) is 63.8 Å². The summed E-state index contributed by atoms with van der Waals surface area (Å²) in [7, 11) is 0. The molecular formula is C14H17FN4. The maximum atomic E-state index is 13.9. The zero-order chi connectivity index (χ0) is 13.7. The lowest BCUT2D eigenvalue weighted by Gasteiger charge is -2.14. The van der Waals surface area contributed by atoms with E-state index in [0.717, 1.165) is 5.56 Å². The number of hydrogen-bond donors (Lipinski definition) is 2. The van der Waals surface area contributed by atoms with Crippen LogP contribution in [0, 0.1) is 5.82 Å². The maximum Gasteiger partial charge on any atom is 0.186 e. The number of anilines is 1. The van der Waals surface area contributed by atoms with Gasteiger partial charge in [0.15, 0.2) is 11.6 Å². The monoisotopic (exact) mass is 260 g/mol. The third kappa shape index (κ3) is 3.26. The van der Waals surface area contributed by atoms with Gasteiger partial charge in [0.05, 0.1) is 5.69 Å².